The molecule has 0 atom stereocenters. The third-order valence-corrected chi connectivity index (χ3v) is 6.13. The Bertz CT molecular complexity index is 970. The first-order valence-corrected chi connectivity index (χ1v) is 10.9. The highest BCUT2D eigenvalue weighted by Gasteiger charge is 2.33. The van der Waals surface area contributed by atoms with Gasteiger partial charge in [-0.3, -0.25) is 9.69 Å². The van der Waals surface area contributed by atoms with Crippen LogP contribution in [0.5, 0.6) is 17.2 Å². The quantitative estimate of drug-likeness (QED) is 0.399. The Morgan fingerprint density at radius 1 is 1.00 bits per heavy atom. The van der Waals surface area contributed by atoms with Crippen LogP contribution >= 0.6 is 24.0 Å². The number of thioether (sulfide) groups is 1. The van der Waals surface area contributed by atoms with E-state index in [1.165, 1.54) is 17.3 Å². The third-order valence-electron chi connectivity index (χ3n) is 4.83. The molecule has 1 aliphatic heterocycles. The van der Waals surface area contributed by atoms with Crippen molar-refractivity contribution < 1.29 is 19.0 Å². The molecule has 7 heteroatoms. The Morgan fingerprint density at radius 3 is 2.30 bits per heavy atom. The molecule has 0 aromatic heterocycles. The van der Waals surface area contributed by atoms with Crippen molar-refractivity contribution in [3.8, 4) is 17.2 Å². The molecule has 2 aromatic carbocycles. The fourth-order valence-corrected chi connectivity index (χ4v) is 4.55. The van der Waals surface area contributed by atoms with Crippen LogP contribution < -0.4 is 19.1 Å². The average molecular weight is 444 g/mol. The van der Waals surface area contributed by atoms with Crippen LogP contribution in [0.3, 0.4) is 0 Å². The minimum absolute atomic E-state index is 0.150. The van der Waals surface area contributed by atoms with Gasteiger partial charge in [-0.15, -0.1) is 0 Å². The number of ether oxygens (including phenoxy) is 3. The minimum atomic E-state index is -0.150. The summed E-state index contributed by atoms with van der Waals surface area (Å²) < 4.78 is 16.8. The van der Waals surface area contributed by atoms with Crippen LogP contribution in [-0.2, 0) is 11.2 Å². The number of hydrogen-bond acceptors (Lipinski definition) is 6. The van der Waals surface area contributed by atoms with Gasteiger partial charge < -0.3 is 14.2 Å². The number of thiocarbonyl (C=S) groups is 1. The highest BCUT2D eigenvalue weighted by atomic mass is 32.2. The molecule has 5 nitrogen and oxygen atoms in total. The number of nitrogens with zero attached hydrogens (tertiary/aromatic N) is 1. The Kier molecular flexibility index (Phi) is 7.39. The van der Waals surface area contributed by atoms with E-state index in [4.69, 9.17) is 26.4 Å². The summed E-state index contributed by atoms with van der Waals surface area (Å²) in [5, 5.41) is 0. The second kappa shape index (κ2) is 10.00. The molecule has 1 fully saturated rings. The molecule has 0 bridgehead atoms. The number of carbonyl (C=O) groups is 1. The van der Waals surface area contributed by atoms with Crippen LogP contribution in [0, 0.1) is 0 Å². The molecule has 2 aromatic rings. The summed E-state index contributed by atoms with van der Waals surface area (Å²) in [6.07, 6.45) is 5.11. The Morgan fingerprint density at radius 2 is 1.70 bits per heavy atom. The van der Waals surface area contributed by atoms with Crippen molar-refractivity contribution in [1.29, 1.82) is 0 Å². The van der Waals surface area contributed by atoms with Crippen molar-refractivity contribution in [1.82, 2.24) is 0 Å². The normalized spacial score (nSPS) is 15.1. The Hall–Kier alpha value is -2.51. The van der Waals surface area contributed by atoms with E-state index in [9.17, 15) is 4.79 Å². The number of hydrogen-bond donors (Lipinski definition) is 0. The van der Waals surface area contributed by atoms with Gasteiger partial charge in [-0.1, -0.05) is 49.5 Å². The largest absolute Gasteiger partial charge is 0.493 e. The van der Waals surface area contributed by atoms with Crippen molar-refractivity contribution in [2.24, 2.45) is 0 Å². The van der Waals surface area contributed by atoms with Crippen LogP contribution in [0.2, 0.25) is 0 Å². The topological polar surface area (TPSA) is 48.0 Å². The van der Waals surface area contributed by atoms with Gasteiger partial charge in [0.2, 0.25) is 5.75 Å². The highest BCUT2D eigenvalue weighted by molar-refractivity contribution is 8.27. The summed E-state index contributed by atoms with van der Waals surface area (Å²) in [5.41, 5.74) is 2.75. The lowest BCUT2D eigenvalue weighted by atomic mass is 10.1. The number of amides is 1. The second-order valence-corrected chi connectivity index (χ2v) is 8.39. The molecule has 158 valence electrons. The van der Waals surface area contributed by atoms with Gasteiger partial charge in [0.1, 0.15) is 0 Å². The number of carbonyl (C=O) groups excluding carboxylic acids is 1. The predicted molar refractivity (Wildman–Crippen MR) is 127 cm³/mol. The zero-order chi connectivity index (χ0) is 21.7. The van der Waals surface area contributed by atoms with Crippen molar-refractivity contribution in [2.45, 2.75) is 26.2 Å². The summed E-state index contributed by atoms with van der Waals surface area (Å²) in [7, 11) is 4.67. The van der Waals surface area contributed by atoms with E-state index in [0.717, 1.165) is 24.9 Å². The van der Waals surface area contributed by atoms with Crippen LogP contribution in [0.15, 0.2) is 41.3 Å². The van der Waals surface area contributed by atoms with E-state index in [0.29, 0.717) is 32.0 Å². The van der Waals surface area contributed by atoms with E-state index in [1.807, 2.05) is 18.2 Å². The molecule has 0 aliphatic carbocycles. The van der Waals surface area contributed by atoms with Crippen molar-refractivity contribution >= 4 is 46.0 Å². The monoisotopic (exact) mass is 443 g/mol. The number of methoxy groups -OCH3 is 3. The molecular weight excluding hydrogens is 418 g/mol. The zero-order valence-electron chi connectivity index (χ0n) is 17.6. The molecule has 30 heavy (non-hydrogen) atoms. The number of anilines is 1. The average Bonchev–Trinajstić information content (AvgIpc) is 3.04. The van der Waals surface area contributed by atoms with Crippen LogP contribution in [-0.4, -0.2) is 31.6 Å². The molecule has 0 N–H and O–H groups in total. The molecule has 1 heterocycles. The lowest BCUT2D eigenvalue weighted by Crippen LogP contribution is -2.27. The van der Waals surface area contributed by atoms with E-state index in [-0.39, 0.29) is 5.91 Å². The third kappa shape index (κ3) is 4.47. The smallest absolute Gasteiger partial charge is 0.270 e. The van der Waals surface area contributed by atoms with Gasteiger partial charge in [0.15, 0.2) is 15.8 Å². The SMILES string of the molecule is CCCCc1ccc(N2C(=O)C(=Cc3ccc(OC)c(OC)c3OC)SC2=S)cc1. The van der Waals surface area contributed by atoms with Crippen molar-refractivity contribution in [3.63, 3.8) is 0 Å². The van der Waals surface area contributed by atoms with Gasteiger partial charge >= 0.3 is 0 Å². The van der Waals surface area contributed by atoms with Gasteiger partial charge in [-0.2, -0.15) is 0 Å². The standard InChI is InChI=1S/C23H25NO4S2/c1-5-6-7-15-8-11-17(12-9-15)24-22(25)19(30-23(24)29)14-16-10-13-18(26-2)21(28-4)20(16)27-3/h8-14H,5-7H2,1-4H3. The maximum absolute atomic E-state index is 13.1. The summed E-state index contributed by atoms with van der Waals surface area (Å²) in [4.78, 5) is 15.2. The minimum Gasteiger partial charge on any atom is -0.493 e. The van der Waals surface area contributed by atoms with E-state index >= 15 is 0 Å². The fraction of sp³-hybridized carbons (Fsp3) is 0.304. The summed E-state index contributed by atoms with van der Waals surface area (Å²) >= 11 is 6.77. The van der Waals surface area contributed by atoms with Gasteiger partial charge in [0.25, 0.3) is 5.91 Å². The fourth-order valence-electron chi connectivity index (χ4n) is 3.26. The molecule has 1 saturated heterocycles. The van der Waals surface area contributed by atoms with Gasteiger partial charge in [-0.05, 0) is 48.7 Å². The maximum Gasteiger partial charge on any atom is 0.270 e. The summed E-state index contributed by atoms with van der Waals surface area (Å²) in [6, 6.07) is 11.6. The molecule has 0 spiro atoms. The van der Waals surface area contributed by atoms with E-state index in [1.54, 1.807) is 38.4 Å². The summed E-state index contributed by atoms with van der Waals surface area (Å²) in [5.74, 6) is 1.39. The van der Waals surface area contributed by atoms with Crippen LogP contribution in [0.1, 0.15) is 30.9 Å². The van der Waals surface area contributed by atoms with Crippen LogP contribution in [0.4, 0.5) is 5.69 Å². The molecular formula is C23H25NO4S2. The Labute approximate surface area is 187 Å². The predicted octanol–water partition coefficient (Wildman–Crippen LogP) is 5.46. The number of rotatable bonds is 8. The second-order valence-electron chi connectivity index (χ2n) is 6.71. The first-order chi connectivity index (χ1) is 14.5. The molecule has 3 rings (SSSR count). The first kappa shape index (κ1) is 22.2. The van der Waals surface area contributed by atoms with E-state index < -0.39 is 0 Å². The number of aryl methyl sites for hydroxylation is 1. The highest BCUT2D eigenvalue weighted by Crippen LogP contribution is 2.43. The molecule has 0 unspecified atom stereocenters. The lowest BCUT2D eigenvalue weighted by molar-refractivity contribution is -0.113. The summed E-state index contributed by atoms with van der Waals surface area (Å²) in [6.45, 7) is 2.17. The Balaban J connectivity index is 1.90. The molecule has 0 radical (unpaired) electrons. The van der Waals surface area contributed by atoms with Crippen molar-refractivity contribution in [2.75, 3.05) is 26.2 Å². The zero-order valence-corrected chi connectivity index (χ0v) is 19.2. The number of benzene rings is 2. The molecule has 1 amide bonds. The number of unbranched alkanes of at least 4 members (excludes halogenated alkanes) is 1. The van der Waals surface area contributed by atoms with Gasteiger partial charge in [-0.25, -0.2) is 0 Å². The van der Waals surface area contributed by atoms with Crippen molar-refractivity contribution in [3.05, 3.63) is 52.4 Å². The van der Waals surface area contributed by atoms with Gasteiger partial charge in [0, 0.05) is 5.56 Å². The first-order valence-electron chi connectivity index (χ1n) is 9.69. The molecule has 0 saturated carbocycles. The van der Waals surface area contributed by atoms with Crippen LogP contribution in [0.25, 0.3) is 6.08 Å². The molecule has 1 aliphatic rings. The van der Waals surface area contributed by atoms with E-state index in [2.05, 4.69) is 19.1 Å². The lowest BCUT2D eigenvalue weighted by Gasteiger charge is -2.15. The maximum atomic E-state index is 13.1. The van der Waals surface area contributed by atoms with Gasteiger partial charge in [0.05, 0.1) is 31.9 Å².